The van der Waals surface area contributed by atoms with Crippen molar-refractivity contribution in [3.05, 3.63) is 0 Å². The molecule has 17 nitrogen and oxygen atoms in total. The fourth-order valence-electron chi connectivity index (χ4n) is 14.2. The van der Waals surface area contributed by atoms with Crippen molar-refractivity contribution >= 4 is 39.5 Å². The molecule has 0 rings (SSSR count). The summed E-state index contributed by atoms with van der Waals surface area (Å²) in [6.07, 6.45) is 71.1. The van der Waals surface area contributed by atoms with E-state index in [1.54, 1.807) is 0 Å². The lowest BCUT2D eigenvalue weighted by Gasteiger charge is -2.21. The van der Waals surface area contributed by atoms with Gasteiger partial charge in [-0.15, -0.1) is 0 Å². The molecule has 3 unspecified atom stereocenters. The van der Waals surface area contributed by atoms with Crippen LogP contribution in [0, 0.1) is 23.7 Å². The third-order valence-corrected chi connectivity index (χ3v) is 23.2. The van der Waals surface area contributed by atoms with Gasteiger partial charge in [0.2, 0.25) is 0 Å². The highest BCUT2D eigenvalue weighted by Crippen LogP contribution is 2.45. The van der Waals surface area contributed by atoms with Gasteiger partial charge in [0.1, 0.15) is 19.3 Å². The van der Waals surface area contributed by atoms with Gasteiger partial charge in [-0.25, -0.2) is 9.13 Å². The van der Waals surface area contributed by atoms with Gasteiger partial charge in [-0.2, -0.15) is 0 Å². The summed E-state index contributed by atoms with van der Waals surface area (Å²) in [6, 6.07) is 0. The summed E-state index contributed by atoms with van der Waals surface area (Å²) in [6.45, 7) is 14.4. The number of phosphoric acid groups is 2. The number of rotatable bonds is 88. The number of phosphoric ester groups is 2. The van der Waals surface area contributed by atoms with Gasteiger partial charge in [-0.3, -0.25) is 37.3 Å². The Hall–Kier alpha value is -1.94. The number of carbonyl (C=O) groups excluding carboxylic acids is 4. The average molecular weight is 1610 g/mol. The quantitative estimate of drug-likeness (QED) is 0.0222. The number of aliphatic hydroxyl groups excluding tert-OH is 1. The van der Waals surface area contributed by atoms with E-state index < -0.39 is 97.5 Å². The van der Waals surface area contributed by atoms with Gasteiger partial charge in [0, 0.05) is 25.7 Å². The number of unbranched alkanes of at least 4 members (excludes halogenated alkanes) is 54. The molecule has 0 fully saturated rings. The minimum atomic E-state index is -4.97. The Morgan fingerprint density at radius 3 is 0.564 bits per heavy atom. The van der Waals surface area contributed by atoms with Crippen LogP contribution in [0.3, 0.4) is 0 Å². The number of ether oxygens (including phenoxy) is 4. The summed E-state index contributed by atoms with van der Waals surface area (Å²) in [5.74, 6) is 1.05. The van der Waals surface area contributed by atoms with E-state index in [-0.39, 0.29) is 25.7 Å². The van der Waals surface area contributed by atoms with Crippen LogP contribution < -0.4 is 0 Å². The molecule has 0 aromatic rings. The zero-order chi connectivity index (χ0) is 80.9. The van der Waals surface area contributed by atoms with Gasteiger partial charge in [0.05, 0.1) is 26.4 Å². The third-order valence-electron chi connectivity index (χ3n) is 21.3. The van der Waals surface area contributed by atoms with Crippen molar-refractivity contribution in [3.8, 4) is 0 Å². The normalized spacial score (nSPS) is 13.8. The first-order valence-electron chi connectivity index (χ1n) is 46.7. The van der Waals surface area contributed by atoms with Crippen molar-refractivity contribution in [1.82, 2.24) is 0 Å². The van der Waals surface area contributed by atoms with Crippen LogP contribution in [-0.2, 0) is 65.4 Å². The second-order valence-corrected chi connectivity index (χ2v) is 37.5. The van der Waals surface area contributed by atoms with Gasteiger partial charge in [0.15, 0.2) is 12.2 Å². The second-order valence-electron chi connectivity index (χ2n) is 34.6. The van der Waals surface area contributed by atoms with Crippen molar-refractivity contribution in [2.75, 3.05) is 39.6 Å². The van der Waals surface area contributed by atoms with E-state index in [2.05, 4.69) is 55.4 Å². The predicted molar refractivity (Wildman–Crippen MR) is 455 cm³/mol. The van der Waals surface area contributed by atoms with Gasteiger partial charge in [0.25, 0.3) is 0 Å². The third kappa shape index (κ3) is 84.0. The van der Waals surface area contributed by atoms with Crippen LogP contribution >= 0.6 is 15.6 Å². The second kappa shape index (κ2) is 79.5. The molecule has 0 spiro atoms. The lowest BCUT2D eigenvalue weighted by Crippen LogP contribution is -2.30. The average Bonchev–Trinajstić information content (AvgIpc) is 0.900. The van der Waals surface area contributed by atoms with Crippen molar-refractivity contribution in [1.29, 1.82) is 0 Å². The van der Waals surface area contributed by atoms with Crippen LogP contribution in [0.5, 0.6) is 0 Å². The topological polar surface area (TPSA) is 237 Å². The van der Waals surface area contributed by atoms with Crippen molar-refractivity contribution in [2.45, 2.75) is 497 Å². The van der Waals surface area contributed by atoms with Crippen LogP contribution in [0.15, 0.2) is 0 Å². The Balaban J connectivity index is 5.22. The molecule has 0 bridgehead atoms. The first-order chi connectivity index (χ1) is 53.1. The summed E-state index contributed by atoms with van der Waals surface area (Å²) in [5.41, 5.74) is 0. The van der Waals surface area contributed by atoms with Crippen LogP contribution in [0.2, 0.25) is 0 Å². The molecule has 0 aromatic heterocycles. The first kappa shape index (κ1) is 108. The van der Waals surface area contributed by atoms with Crippen molar-refractivity contribution < 1.29 is 80.2 Å². The summed E-state index contributed by atoms with van der Waals surface area (Å²) in [5, 5.41) is 10.7. The maximum Gasteiger partial charge on any atom is 0.472 e. The monoisotopic (exact) mass is 1610 g/mol. The minimum absolute atomic E-state index is 0.107. The Morgan fingerprint density at radius 2 is 0.382 bits per heavy atom. The standard InChI is InChI=1S/C91H178O17P2/c1-81(2)67-59-51-43-36-30-24-18-13-9-11-15-21-27-33-39-47-55-63-71-88(93)101-77-86(107-90(95)73-65-57-48-40-34-28-22-16-12-10-14-19-25-31-37-44-52-60-68-82(3)4)79-105-109(97,98)103-75-85(92)76-104-110(99,100)106-80-87(78-102-89(94)72-64-56-50-42-46-54-62-70-84(7)8)108-91(96)74-66-58-49-41-35-29-23-17-20-26-32-38-45-53-61-69-83(5)6/h81-87,92H,9-80H2,1-8H3,(H,97,98)(H,99,100)/t85?,86-,87-/m1/s1. The molecule has 0 radical (unpaired) electrons. The molecule has 0 aliphatic carbocycles. The Bertz CT molecular complexity index is 2130. The molecule has 0 saturated heterocycles. The fourth-order valence-corrected chi connectivity index (χ4v) is 15.8. The number of hydrogen-bond donors (Lipinski definition) is 3. The Labute approximate surface area is 677 Å². The molecule has 0 heterocycles. The molecular formula is C91H178O17P2. The Kier molecular flexibility index (Phi) is 78.1. The van der Waals surface area contributed by atoms with E-state index in [0.717, 1.165) is 114 Å². The van der Waals surface area contributed by atoms with Crippen LogP contribution in [0.25, 0.3) is 0 Å². The molecule has 110 heavy (non-hydrogen) atoms. The van der Waals surface area contributed by atoms with E-state index in [1.807, 2.05) is 0 Å². The largest absolute Gasteiger partial charge is 0.472 e. The smallest absolute Gasteiger partial charge is 0.462 e. The Morgan fingerprint density at radius 1 is 0.227 bits per heavy atom. The zero-order valence-corrected chi connectivity index (χ0v) is 74.7. The lowest BCUT2D eigenvalue weighted by molar-refractivity contribution is -0.161. The molecule has 0 aliphatic rings. The summed E-state index contributed by atoms with van der Waals surface area (Å²) >= 11 is 0. The zero-order valence-electron chi connectivity index (χ0n) is 72.9. The van der Waals surface area contributed by atoms with E-state index >= 15 is 0 Å². The van der Waals surface area contributed by atoms with Crippen molar-refractivity contribution in [3.63, 3.8) is 0 Å². The maximum absolute atomic E-state index is 13.2. The van der Waals surface area contributed by atoms with Gasteiger partial charge >= 0.3 is 39.5 Å². The lowest BCUT2D eigenvalue weighted by atomic mass is 10.0. The van der Waals surface area contributed by atoms with E-state index in [4.69, 9.17) is 37.0 Å². The highest BCUT2D eigenvalue weighted by molar-refractivity contribution is 7.47. The fraction of sp³-hybridized carbons (Fsp3) is 0.956. The van der Waals surface area contributed by atoms with E-state index in [9.17, 15) is 43.2 Å². The molecule has 654 valence electrons. The highest BCUT2D eigenvalue weighted by Gasteiger charge is 2.31. The van der Waals surface area contributed by atoms with Crippen molar-refractivity contribution in [2.24, 2.45) is 23.7 Å². The minimum Gasteiger partial charge on any atom is -0.462 e. The van der Waals surface area contributed by atoms with E-state index in [0.29, 0.717) is 31.6 Å². The molecule has 0 saturated carbocycles. The first-order valence-corrected chi connectivity index (χ1v) is 49.7. The van der Waals surface area contributed by atoms with Crippen LogP contribution in [0.4, 0.5) is 0 Å². The number of hydrogen-bond acceptors (Lipinski definition) is 15. The van der Waals surface area contributed by atoms with E-state index in [1.165, 1.54) is 276 Å². The molecule has 0 amide bonds. The number of carbonyl (C=O) groups is 4. The molecule has 0 aliphatic heterocycles. The molecule has 3 N–H and O–H groups in total. The number of aliphatic hydroxyl groups is 1. The SMILES string of the molecule is CC(C)CCCCCCCCCCCCCCCCCCCCC(=O)OC[C@H](COP(=O)(O)OCC(O)COP(=O)(O)OC[C@@H](COC(=O)CCCCCCCCCC(C)C)OC(=O)CCCCCCCCCCCCCCCCCC(C)C)OC(=O)CCCCCCCCCCCCCCCCCCCCC(C)C. The molecule has 5 atom stereocenters. The maximum atomic E-state index is 13.2. The number of esters is 4. The summed E-state index contributed by atoms with van der Waals surface area (Å²) in [7, 11) is -9.94. The molecular weight excluding hydrogens is 1430 g/mol. The summed E-state index contributed by atoms with van der Waals surface area (Å²) in [4.78, 5) is 73.4. The van der Waals surface area contributed by atoms with Crippen LogP contribution in [-0.4, -0.2) is 96.7 Å². The molecule has 0 aromatic carbocycles. The van der Waals surface area contributed by atoms with Gasteiger partial charge < -0.3 is 33.8 Å². The van der Waals surface area contributed by atoms with Gasteiger partial charge in [-0.1, -0.05) is 428 Å². The van der Waals surface area contributed by atoms with Crippen LogP contribution in [0.1, 0.15) is 479 Å². The van der Waals surface area contributed by atoms with Gasteiger partial charge in [-0.05, 0) is 49.4 Å². The predicted octanol–water partition coefficient (Wildman–Crippen LogP) is 27.9. The summed E-state index contributed by atoms with van der Waals surface area (Å²) < 4.78 is 69.0. The molecule has 19 heteroatoms. The highest BCUT2D eigenvalue weighted by atomic mass is 31.2.